The predicted molar refractivity (Wildman–Crippen MR) is 67.8 cm³/mol. The minimum atomic E-state index is 0.186. The molecule has 1 atom stereocenters. The maximum absolute atomic E-state index is 5.62. The number of hydrogen-bond acceptors (Lipinski definition) is 3. The second kappa shape index (κ2) is 4.46. The number of nitrogens with zero attached hydrogens (tertiary/aromatic N) is 2. The summed E-state index contributed by atoms with van der Waals surface area (Å²) in [6.07, 6.45) is 3.73. The normalized spacial score (nSPS) is 18.4. The third-order valence-electron chi connectivity index (χ3n) is 3.42. The largest absolute Gasteiger partial charge is 0.496 e. The number of rotatable bonds is 2. The second-order valence-electron chi connectivity index (χ2n) is 4.55. The lowest BCUT2D eigenvalue weighted by atomic mass is 10.0. The lowest BCUT2D eigenvalue weighted by molar-refractivity contribution is 0.0695. The van der Waals surface area contributed by atoms with Gasteiger partial charge in [-0.3, -0.25) is 0 Å². The van der Waals surface area contributed by atoms with E-state index < -0.39 is 0 Å². The molecule has 1 aliphatic rings. The molecule has 1 aromatic heterocycles. The number of benzene rings is 1. The Morgan fingerprint density at radius 1 is 1.44 bits per heavy atom. The van der Waals surface area contributed by atoms with E-state index in [4.69, 9.17) is 9.47 Å². The summed E-state index contributed by atoms with van der Waals surface area (Å²) in [5, 5.41) is 0. The van der Waals surface area contributed by atoms with Crippen molar-refractivity contribution in [3.8, 4) is 5.75 Å². The molecular weight excluding hydrogens is 228 g/mol. The van der Waals surface area contributed by atoms with Crippen molar-refractivity contribution in [2.24, 2.45) is 0 Å². The molecule has 0 spiro atoms. The monoisotopic (exact) mass is 244 g/mol. The van der Waals surface area contributed by atoms with Crippen molar-refractivity contribution in [3.63, 3.8) is 0 Å². The van der Waals surface area contributed by atoms with E-state index in [1.807, 2.05) is 19.4 Å². The van der Waals surface area contributed by atoms with Crippen LogP contribution < -0.4 is 4.74 Å². The number of methoxy groups -OCH3 is 1. The average molecular weight is 244 g/mol. The van der Waals surface area contributed by atoms with E-state index in [2.05, 4.69) is 27.8 Å². The molecule has 94 valence electrons. The Bertz CT molecular complexity index is 563. The Kier molecular flexibility index (Phi) is 2.80. The minimum absolute atomic E-state index is 0.186. The van der Waals surface area contributed by atoms with Crippen LogP contribution in [0.2, 0.25) is 0 Å². The number of hydrogen-bond donors (Lipinski definition) is 0. The standard InChI is InChI=1S/C14H16N2O2/c1-10-3-4-11(5-14(10)17-2)13-8-18-7-12-6-15-9-16(12)13/h3-6,9,13H,7-8H2,1-2H3. The molecule has 18 heavy (non-hydrogen) atoms. The molecule has 1 unspecified atom stereocenters. The van der Waals surface area contributed by atoms with Crippen LogP contribution in [-0.4, -0.2) is 23.3 Å². The zero-order valence-electron chi connectivity index (χ0n) is 10.6. The number of ether oxygens (including phenoxy) is 2. The van der Waals surface area contributed by atoms with Gasteiger partial charge in [0.2, 0.25) is 0 Å². The Hall–Kier alpha value is -1.81. The van der Waals surface area contributed by atoms with Crippen molar-refractivity contribution >= 4 is 0 Å². The first-order chi connectivity index (χ1) is 8.79. The molecule has 2 aromatic rings. The molecule has 0 saturated heterocycles. The summed E-state index contributed by atoms with van der Waals surface area (Å²) < 4.78 is 13.2. The van der Waals surface area contributed by atoms with Crippen molar-refractivity contribution < 1.29 is 9.47 Å². The number of aromatic nitrogens is 2. The first-order valence-corrected chi connectivity index (χ1v) is 6.02. The van der Waals surface area contributed by atoms with Crippen LogP contribution in [0.4, 0.5) is 0 Å². The molecule has 0 aliphatic carbocycles. The van der Waals surface area contributed by atoms with Gasteiger partial charge in [-0.25, -0.2) is 4.98 Å². The van der Waals surface area contributed by atoms with Gasteiger partial charge in [0.05, 0.1) is 44.6 Å². The van der Waals surface area contributed by atoms with Crippen LogP contribution in [0.5, 0.6) is 5.75 Å². The highest BCUT2D eigenvalue weighted by molar-refractivity contribution is 5.38. The summed E-state index contributed by atoms with van der Waals surface area (Å²) in [5.74, 6) is 0.916. The van der Waals surface area contributed by atoms with Gasteiger partial charge >= 0.3 is 0 Å². The molecular formula is C14H16N2O2. The molecule has 2 heterocycles. The Morgan fingerprint density at radius 3 is 3.17 bits per heavy atom. The summed E-state index contributed by atoms with van der Waals surface area (Å²) in [7, 11) is 1.70. The lowest BCUT2D eigenvalue weighted by Crippen LogP contribution is -2.23. The first-order valence-electron chi connectivity index (χ1n) is 6.02. The number of imidazole rings is 1. The summed E-state index contributed by atoms with van der Waals surface area (Å²) in [4.78, 5) is 4.19. The van der Waals surface area contributed by atoms with Gasteiger partial charge in [-0.05, 0) is 24.1 Å². The molecule has 3 rings (SSSR count). The molecule has 1 aliphatic heterocycles. The van der Waals surface area contributed by atoms with Crippen LogP contribution in [0.1, 0.15) is 22.9 Å². The third kappa shape index (κ3) is 1.78. The van der Waals surface area contributed by atoms with Crippen LogP contribution in [-0.2, 0) is 11.3 Å². The van der Waals surface area contributed by atoms with E-state index in [1.165, 1.54) is 5.56 Å². The van der Waals surface area contributed by atoms with Crippen molar-refractivity contribution in [1.82, 2.24) is 9.55 Å². The van der Waals surface area contributed by atoms with Crippen LogP contribution in [0.25, 0.3) is 0 Å². The average Bonchev–Trinajstić information content (AvgIpc) is 2.87. The van der Waals surface area contributed by atoms with Gasteiger partial charge in [0.1, 0.15) is 5.75 Å². The van der Waals surface area contributed by atoms with Gasteiger partial charge in [0, 0.05) is 0 Å². The van der Waals surface area contributed by atoms with Crippen molar-refractivity contribution in [1.29, 1.82) is 0 Å². The summed E-state index contributed by atoms with van der Waals surface area (Å²) in [5.41, 5.74) is 3.45. The van der Waals surface area contributed by atoms with E-state index in [1.54, 1.807) is 7.11 Å². The Labute approximate surface area is 106 Å². The molecule has 1 aromatic carbocycles. The first kappa shape index (κ1) is 11.3. The highest BCUT2D eigenvalue weighted by Gasteiger charge is 2.22. The molecule has 0 bridgehead atoms. The van der Waals surface area contributed by atoms with Gasteiger partial charge in [-0.15, -0.1) is 0 Å². The van der Waals surface area contributed by atoms with Gasteiger partial charge in [-0.2, -0.15) is 0 Å². The molecule has 0 radical (unpaired) electrons. The zero-order valence-corrected chi connectivity index (χ0v) is 10.6. The smallest absolute Gasteiger partial charge is 0.122 e. The quantitative estimate of drug-likeness (QED) is 0.813. The fourth-order valence-corrected chi connectivity index (χ4v) is 2.38. The molecule has 0 saturated carbocycles. The van der Waals surface area contributed by atoms with Gasteiger partial charge < -0.3 is 14.0 Å². The SMILES string of the molecule is COc1cc(C2COCc3cncn32)ccc1C. The van der Waals surface area contributed by atoms with Crippen LogP contribution >= 0.6 is 0 Å². The van der Waals surface area contributed by atoms with E-state index in [9.17, 15) is 0 Å². The highest BCUT2D eigenvalue weighted by atomic mass is 16.5. The van der Waals surface area contributed by atoms with E-state index in [0.717, 1.165) is 17.0 Å². The van der Waals surface area contributed by atoms with Crippen molar-refractivity contribution in [2.75, 3.05) is 13.7 Å². The predicted octanol–water partition coefficient (Wildman–Crippen LogP) is 2.32. The molecule has 4 heteroatoms. The highest BCUT2D eigenvalue weighted by Crippen LogP contribution is 2.29. The van der Waals surface area contributed by atoms with Crippen molar-refractivity contribution in [2.45, 2.75) is 19.6 Å². The van der Waals surface area contributed by atoms with E-state index >= 15 is 0 Å². The van der Waals surface area contributed by atoms with Gasteiger partial charge in [-0.1, -0.05) is 12.1 Å². The van der Waals surface area contributed by atoms with Crippen LogP contribution in [0, 0.1) is 6.92 Å². The molecule has 0 fully saturated rings. The van der Waals surface area contributed by atoms with E-state index in [0.29, 0.717) is 13.2 Å². The molecule has 0 amide bonds. The lowest BCUT2D eigenvalue weighted by Gasteiger charge is -2.26. The minimum Gasteiger partial charge on any atom is -0.496 e. The Balaban J connectivity index is 2.02. The van der Waals surface area contributed by atoms with Crippen LogP contribution in [0.3, 0.4) is 0 Å². The summed E-state index contributed by atoms with van der Waals surface area (Å²) >= 11 is 0. The number of aryl methyl sites for hydroxylation is 1. The van der Waals surface area contributed by atoms with Gasteiger partial charge in [0.25, 0.3) is 0 Å². The fourth-order valence-electron chi connectivity index (χ4n) is 2.38. The third-order valence-corrected chi connectivity index (χ3v) is 3.42. The fraction of sp³-hybridized carbons (Fsp3) is 0.357. The second-order valence-corrected chi connectivity index (χ2v) is 4.55. The summed E-state index contributed by atoms with van der Waals surface area (Å²) in [6.45, 7) is 3.36. The topological polar surface area (TPSA) is 36.3 Å². The van der Waals surface area contributed by atoms with Crippen LogP contribution in [0.15, 0.2) is 30.7 Å². The summed E-state index contributed by atoms with van der Waals surface area (Å²) in [6, 6.07) is 6.48. The maximum Gasteiger partial charge on any atom is 0.122 e. The number of fused-ring (bicyclic) bond motifs is 1. The molecule has 0 N–H and O–H groups in total. The van der Waals surface area contributed by atoms with E-state index in [-0.39, 0.29) is 6.04 Å². The Morgan fingerprint density at radius 2 is 2.33 bits per heavy atom. The van der Waals surface area contributed by atoms with Gasteiger partial charge in [0.15, 0.2) is 0 Å². The zero-order chi connectivity index (χ0) is 12.5. The maximum atomic E-state index is 5.62. The molecule has 4 nitrogen and oxygen atoms in total. The van der Waals surface area contributed by atoms with Crippen molar-refractivity contribution in [3.05, 3.63) is 47.5 Å².